The van der Waals surface area contributed by atoms with E-state index in [9.17, 15) is 14.4 Å². The Morgan fingerprint density at radius 2 is 1.95 bits per heavy atom. The van der Waals surface area contributed by atoms with E-state index in [1.807, 2.05) is 0 Å². The van der Waals surface area contributed by atoms with Crippen LogP contribution in [0.5, 0.6) is 0 Å². The fraction of sp³-hybridized carbons (Fsp3) is 0.308. The number of aryl methyl sites for hydroxylation is 2. The van der Waals surface area contributed by atoms with Crippen molar-refractivity contribution in [2.45, 2.75) is 20.8 Å². The van der Waals surface area contributed by atoms with Crippen LogP contribution in [0.15, 0.2) is 16.9 Å². The summed E-state index contributed by atoms with van der Waals surface area (Å²) in [7, 11) is 0. The lowest BCUT2D eigenvalue weighted by molar-refractivity contribution is -0.136. The van der Waals surface area contributed by atoms with Crippen molar-refractivity contribution in [1.29, 1.82) is 0 Å². The quantitative estimate of drug-likeness (QED) is 0.669. The number of carbonyl (C=O) groups is 2. The molecule has 0 saturated heterocycles. The number of nitrogens with zero attached hydrogens (tertiary/aromatic N) is 3. The van der Waals surface area contributed by atoms with Gasteiger partial charge in [-0.3, -0.25) is 19.4 Å². The van der Waals surface area contributed by atoms with E-state index >= 15 is 0 Å². The summed E-state index contributed by atoms with van der Waals surface area (Å²) in [6.45, 7) is 5.44. The molecule has 116 valence electrons. The molecular formula is C13H16N6O3. The standard InChI is InChI=1S/C13H16N6O3/c1-4-14-11(21)12(22)16-9-5-8(3)18-19(9)13-15-7(2)6-10(20)17-13/h5-6H,4H2,1-3H3,(H,14,21)(H,16,22)(H,15,17,20). The third kappa shape index (κ3) is 3.37. The summed E-state index contributed by atoms with van der Waals surface area (Å²) in [4.78, 5) is 41.5. The maximum absolute atomic E-state index is 11.8. The van der Waals surface area contributed by atoms with Crippen LogP contribution in [0.25, 0.3) is 5.95 Å². The smallest absolute Gasteiger partial charge is 0.314 e. The van der Waals surface area contributed by atoms with Gasteiger partial charge in [0.25, 0.3) is 5.56 Å². The van der Waals surface area contributed by atoms with E-state index in [1.165, 1.54) is 10.7 Å². The Hall–Kier alpha value is -2.97. The normalized spacial score (nSPS) is 10.3. The number of amides is 2. The molecule has 2 heterocycles. The van der Waals surface area contributed by atoms with Gasteiger partial charge in [0.1, 0.15) is 5.82 Å². The number of nitrogens with one attached hydrogen (secondary N) is 3. The van der Waals surface area contributed by atoms with Gasteiger partial charge in [-0.1, -0.05) is 0 Å². The molecule has 2 amide bonds. The van der Waals surface area contributed by atoms with Crippen molar-refractivity contribution in [2.24, 2.45) is 0 Å². The minimum absolute atomic E-state index is 0.157. The predicted molar refractivity (Wildman–Crippen MR) is 78.8 cm³/mol. The van der Waals surface area contributed by atoms with Gasteiger partial charge in [0.15, 0.2) is 0 Å². The number of anilines is 1. The Morgan fingerprint density at radius 3 is 2.59 bits per heavy atom. The summed E-state index contributed by atoms with van der Waals surface area (Å²) >= 11 is 0. The fourth-order valence-corrected chi connectivity index (χ4v) is 1.83. The lowest BCUT2D eigenvalue weighted by atomic mass is 10.4. The SMILES string of the molecule is CCNC(=O)C(=O)Nc1cc(C)nn1-c1nc(C)cc(=O)[nH]1. The highest BCUT2D eigenvalue weighted by molar-refractivity contribution is 6.39. The van der Waals surface area contributed by atoms with Gasteiger partial charge in [-0.2, -0.15) is 9.78 Å². The predicted octanol–water partition coefficient (Wildman–Crippen LogP) is -0.353. The maximum atomic E-state index is 11.8. The van der Waals surface area contributed by atoms with E-state index in [0.717, 1.165) is 0 Å². The average Bonchev–Trinajstić information content (AvgIpc) is 2.78. The van der Waals surface area contributed by atoms with E-state index in [1.54, 1.807) is 26.8 Å². The van der Waals surface area contributed by atoms with Crippen LogP contribution in [0.1, 0.15) is 18.3 Å². The van der Waals surface area contributed by atoms with Crippen molar-refractivity contribution in [3.8, 4) is 5.95 Å². The molecule has 9 nitrogen and oxygen atoms in total. The largest absolute Gasteiger partial charge is 0.348 e. The summed E-state index contributed by atoms with van der Waals surface area (Å²) in [6, 6.07) is 2.91. The van der Waals surface area contributed by atoms with Crippen molar-refractivity contribution in [3.63, 3.8) is 0 Å². The molecule has 0 aliphatic carbocycles. The van der Waals surface area contributed by atoms with Crippen molar-refractivity contribution in [3.05, 3.63) is 33.9 Å². The molecule has 0 fully saturated rings. The average molecular weight is 304 g/mol. The van der Waals surface area contributed by atoms with Crippen molar-refractivity contribution >= 4 is 17.6 Å². The molecule has 22 heavy (non-hydrogen) atoms. The van der Waals surface area contributed by atoms with E-state index in [4.69, 9.17) is 0 Å². The first-order valence-electron chi connectivity index (χ1n) is 6.65. The highest BCUT2D eigenvalue weighted by atomic mass is 16.2. The van der Waals surface area contributed by atoms with Crippen molar-refractivity contribution in [1.82, 2.24) is 25.1 Å². The van der Waals surface area contributed by atoms with Crippen LogP contribution in [0.3, 0.4) is 0 Å². The highest BCUT2D eigenvalue weighted by Gasteiger charge is 2.17. The van der Waals surface area contributed by atoms with Crippen LogP contribution in [0.2, 0.25) is 0 Å². The van der Waals surface area contributed by atoms with Crippen LogP contribution in [0, 0.1) is 13.8 Å². The minimum atomic E-state index is -0.821. The monoisotopic (exact) mass is 304 g/mol. The van der Waals surface area contributed by atoms with Gasteiger partial charge in [0.05, 0.1) is 5.69 Å². The van der Waals surface area contributed by atoms with Crippen LogP contribution in [0.4, 0.5) is 5.82 Å². The number of hydrogen-bond acceptors (Lipinski definition) is 5. The molecule has 0 bridgehead atoms. The van der Waals surface area contributed by atoms with Gasteiger partial charge >= 0.3 is 11.8 Å². The molecule has 0 saturated carbocycles. The molecule has 9 heteroatoms. The Labute approximate surface area is 125 Å². The Morgan fingerprint density at radius 1 is 1.23 bits per heavy atom. The van der Waals surface area contributed by atoms with Gasteiger partial charge in [0, 0.05) is 24.4 Å². The molecule has 0 aliphatic rings. The molecule has 3 N–H and O–H groups in total. The second kappa shape index (κ2) is 6.20. The molecule has 0 radical (unpaired) electrons. The highest BCUT2D eigenvalue weighted by Crippen LogP contribution is 2.13. The van der Waals surface area contributed by atoms with Crippen molar-refractivity contribution in [2.75, 3.05) is 11.9 Å². The molecule has 2 rings (SSSR count). The number of H-pyrrole nitrogens is 1. The first kappa shape index (κ1) is 15.4. The summed E-state index contributed by atoms with van der Waals surface area (Å²) in [6.07, 6.45) is 0. The Bertz CT molecular complexity index is 776. The van der Waals surface area contributed by atoms with Crippen LogP contribution in [-0.2, 0) is 9.59 Å². The molecule has 2 aromatic rings. The zero-order chi connectivity index (χ0) is 16.3. The lowest BCUT2D eigenvalue weighted by Gasteiger charge is -2.08. The maximum Gasteiger partial charge on any atom is 0.314 e. The second-order valence-corrected chi connectivity index (χ2v) is 4.61. The summed E-state index contributed by atoms with van der Waals surface area (Å²) in [5.41, 5.74) is 0.764. The Kier molecular flexibility index (Phi) is 4.35. The van der Waals surface area contributed by atoms with Gasteiger partial charge in [-0.25, -0.2) is 4.98 Å². The van der Waals surface area contributed by atoms with Gasteiger partial charge in [-0.15, -0.1) is 0 Å². The van der Waals surface area contributed by atoms with E-state index in [-0.39, 0.29) is 17.3 Å². The minimum Gasteiger partial charge on any atom is -0.348 e. The summed E-state index contributed by atoms with van der Waals surface area (Å²) < 4.78 is 1.26. The zero-order valence-electron chi connectivity index (χ0n) is 12.4. The lowest BCUT2D eigenvalue weighted by Crippen LogP contribution is -2.35. The molecule has 0 aromatic carbocycles. The number of hydrogen-bond donors (Lipinski definition) is 3. The molecular weight excluding hydrogens is 288 g/mol. The zero-order valence-corrected chi connectivity index (χ0v) is 12.4. The first-order chi connectivity index (χ1) is 10.4. The molecule has 0 atom stereocenters. The molecule has 0 unspecified atom stereocenters. The number of likely N-dealkylation sites (N-methyl/N-ethyl adjacent to an activating group) is 1. The second-order valence-electron chi connectivity index (χ2n) is 4.61. The topological polar surface area (TPSA) is 122 Å². The molecule has 0 aliphatic heterocycles. The summed E-state index contributed by atoms with van der Waals surface area (Å²) in [5.74, 6) is -1.18. The van der Waals surface area contributed by atoms with E-state index < -0.39 is 11.8 Å². The molecule has 0 spiro atoms. The van der Waals surface area contributed by atoms with Crippen LogP contribution < -0.4 is 16.2 Å². The summed E-state index contributed by atoms with van der Waals surface area (Å²) in [5, 5.41) is 9.00. The molecule has 2 aromatic heterocycles. The fourth-order valence-electron chi connectivity index (χ4n) is 1.83. The number of aromatic nitrogens is 4. The number of aromatic amines is 1. The van der Waals surface area contributed by atoms with Crippen molar-refractivity contribution < 1.29 is 9.59 Å². The van der Waals surface area contributed by atoms with Gasteiger partial charge < -0.3 is 10.6 Å². The van der Waals surface area contributed by atoms with Crippen LogP contribution >= 0.6 is 0 Å². The van der Waals surface area contributed by atoms with E-state index in [2.05, 4.69) is 25.7 Å². The number of carbonyl (C=O) groups excluding carboxylic acids is 2. The number of rotatable bonds is 3. The van der Waals surface area contributed by atoms with Gasteiger partial charge in [-0.05, 0) is 20.8 Å². The van der Waals surface area contributed by atoms with Crippen LogP contribution in [-0.4, -0.2) is 38.1 Å². The third-order valence-corrected chi connectivity index (χ3v) is 2.67. The Balaban J connectivity index is 2.36. The third-order valence-electron chi connectivity index (χ3n) is 2.67. The van der Waals surface area contributed by atoms with Gasteiger partial charge in [0.2, 0.25) is 5.95 Å². The van der Waals surface area contributed by atoms with E-state index in [0.29, 0.717) is 17.9 Å². The first-order valence-corrected chi connectivity index (χ1v) is 6.65.